The van der Waals surface area contributed by atoms with E-state index in [2.05, 4.69) is 5.10 Å². The van der Waals surface area contributed by atoms with Crippen molar-refractivity contribution in [3.63, 3.8) is 0 Å². The zero-order valence-corrected chi connectivity index (χ0v) is 10.7. The van der Waals surface area contributed by atoms with Gasteiger partial charge in [0, 0.05) is 6.07 Å². The molecule has 1 N–H and O–H groups in total. The Bertz CT molecular complexity index is 612. The van der Waals surface area contributed by atoms with Crippen LogP contribution in [0.4, 0.5) is 0 Å². The number of ether oxygens (including phenoxy) is 1. The zero-order valence-electron chi connectivity index (χ0n) is 9.88. The molecule has 0 spiro atoms. The summed E-state index contributed by atoms with van der Waals surface area (Å²) in [6, 6.07) is 0.703. The van der Waals surface area contributed by atoms with Crippen LogP contribution >= 0.6 is 0 Å². The van der Waals surface area contributed by atoms with Crippen molar-refractivity contribution < 1.29 is 17.9 Å². The first kappa shape index (κ1) is 12.9. The van der Waals surface area contributed by atoms with Gasteiger partial charge in [-0.25, -0.2) is 17.9 Å². The summed E-state index contributed by atoms with van der Waals surface area (Å²) in [4.78, 5) is 23.1. The van der Waals surface area contributed by atoms with Crippen LogP contribution in [0.5, 0.6) is 0 Å². The largest absolute Gasteiger partial charge is 0.461 e. The van der Waals surface area contributed by atoms with Gasteiger partial charge in [0.1, 0.15) is 5.69 Å². The first-order chi connectivity index (χ1) is 8.43. The van der Waals surface area contributed by atoms with Gasteiger partial charge in [0.15, 0.2) is 9.84 Å². The number of H-pyrrole nitrogens is 1. The Labute approximate surface area is 104 Å². The summed E-state index contributed by atoms with van der Waals surface area (Å²) in [5.41, 5.74) is -0.369. The Balaban J connectivity index is 2.26. The van der Waals surface area contributed by atoms with Gasteiger partial charge in [-0.05, 0) is 13.3 Å². The maximum Gasteiger partial charge on any atom is 0.356 e. The Morgan fingerprint density at radius 3 is 2.89 bits per heavy atom. The first-order valence-corrected chi connectivity index (χ1v) is 7.44. The molecule has 1 unspecified atom stereocenters. The van der Waals surface area contributed by atoms with E-state index >= 15 is 0 Å². The fourth-order valence-electron chi connectivity index (χ4n) is 1.97. The van der Waals surface area contributed by atoms with Gasteiger partial charge < -0.3 is 4.74 Å². The second kappa shape index (κ2) is 4.60. The average molecular weight is 274 g/mol. The molecule has 0 bridgehead atoms. The molecular formula is C10H14N2O5S. The number of sulfone groups is 1. The van der Waals surface area contributed by atoms with Gasteiger partial charge >= 0.3 is 5.97 Å². The third-order valence-electron chi connectivity index (χ3n) is 2.82. The maximum absolute atomic E-state index is 11.7. The number of nitrogens with one attached hydrogen (secondary N) is 1. The van der Waals surface area contributed by atoms with Gasteiger partial charge in [-0.1, -0.05) is 0 Å². The minimum atomic E-state index is -3.08. The third kappa shape index (κ3) is 2.47. The topological polar surface area (TPSA) is 98.2 Å². The molecule has 1 saturated heterocycles. The molecule has 0 amide bonds. The SMILES string of the molecule is CCOC(=O)c1cc(=O)n(C2CCS(=O)(=O)C2)[nH]1. The van der Waals surface area contributed by atoms with Gasteiger partial charge in [-0.15, -0.1) is 0 Å². The van der Waals surface area contributed by atoms with E-state index in [1.54, 1.807) is 6.92 Å². The molecule has 0 saturated carbocycles. The summed E-state index contributed by atoms with van der Waals surface area (Å²) in [6.45, 7) is 1.88. The normalized spacial score (nSPS) is 21.9. The summed E-state index contributed by atoms with van der Waals surface area (Å²) in [5, 5.41) is 2.61. The zero-order chi connectivity index (χ0) is 13.3. The van der Waals surface area contributed by atoms with E-state index in [4.69, 9.17) is 4.74 Å². The molecule has 1 aliphatic rings. The van der Waals surface area contributed by atoms with E-state index in [9.17, 15) is 18.0 Å². The highest BCUT2D eigenvalue weighted by Crippen LogP contribution is 2.21. The van der Waals surface area contributed by atoms with E-state index in [1.165, 1.54) is 4.68 Å². The molecular weight excluding hydrogens is 260 g/mol. The lowest BCUT2D eigenvalue weighted by Crippen LogP contribution is -2.23. The van der Waals surface area contributed by atoms with Crippen LogP contribution in [0, 0.1) is 0 Å². The summed E-state index contributed by atoms with van der Waals surface area (Å²) >= 11 is 0. The van der Waals surface area contributed by atoms with Gasteiger partial charge in [0.05, 0.1) is 24.2 Å². The lowest BCUT2D eigenvalue weighted by Gasteiger charge is -2.08. The van der Waals surface area contributed by atoms with Crippen LogP contribution < -0.4 is 5.56 Å². The standard InChI is InChI=1S/C10H14N2O5S/c1-2-17-10(14)8-5-9(13)12(11-8)7-3-4-18(15,16)6-7/h5,7,11H,2-4,6H2,1H3. The van der Waals surface area contributed by atoms with Crippen molar-refractivity contribution >= 4 is 15.8 Å². The first-order valence-electron chi connectivity index (χ1n) is 5.62. The Morgan fingerprint density at radius 2 is 2.33 bits per heavy atom. The lowest BCUT2D eigenvalue weighted by atomic mass is 10.3. The summed E-state index contributed by atoms with van der Waals surface area (Å²) in [6.07, 6.45) is 0.380. The molecule has 8 heteroatoms. The number of carbonyl (C=O) groups excluding carboxylic acids is 1. The summed E-state index contributed by atoms with van der Waals surface area (Å²) in [7, 11) is -3.08. The number of hydrogen-bond acceptors (Lipinski definition) is 5. The van der Waals surface area contributed by atoms with E-state index in [1.807, 2.05) is 0 Å². The fourth-order valence-corrected chi connectivity index (χ4v) is 3.67. The highest BCUT2D eigenvalue weighted by Gasteiger charge is 2.31. The average Bonchev–Trinajstić information content (AvgIpc) is 2.82. The molecule has 2 heterocycles. The second-order valence-electron chi connectivity index (χ2n) is 4.16. The molecule has 18 heavy (non-hydrogen) atoms. The van der Waals surface area contributed by atoms with E-state index in [0.717, 1.165) is 6.07 Å². The highest BCUT2D eigenvalue weighted by molar-refractivity contribution is 7.91. The number of nitrogens with zero attached hydrogens (tertiary/aromatic N) is 1. The molecule has 7 nitrogen and oxygen atoms in total. The minimum absolute atomic E-state index is 0.0474. The monoisotopic (exact) mass is 274 g/mol. The van der Waals surface area contributed by atoms with Crippen molar-refractivity contribution in [2.45, 2.75) is 19.4 Å². The molecule has 0 aliphatic carbocycles. The maximum atomic E-state index is 11.7. The van der Waals surface area contributed by atoms with E-state index in [0.29, 0.717) is 6.42 Å². The molecule has 100 valence electrons. The lowest BCUT2D eigenvalue weighted by molar-refractivity contribution is 0.0518. The molecule has 1 atom stereocenters. The molecule has 1 aromatic heterocycles. The van der Waals surface area contributed by atoms with Crippen LogP contribution in [0.25, 0.3) is 0 Å². The molecule has 1 aromatic rings. The van der Waals surface area contributed by atoms with Crippen molar-refractivity contribution in [1.82, 2.24) is 9.78 Å². The predicted molar refractivity (Wildman–Crippen MR) is 63.3 cm³/mol. The number of carbonyl (C=O) groups is 1. The number of rotatable bonds is 3. The molecule has 1 fully saturated rings. The van der Waals surface area contributed by atoms with Crippen molar-refractivity contribution in [3.05, 3.63) is 22.1 Å². The van der Waals surface area contributed by atoms with Gasteiger partial charge in [0.25, 0.3) is 5.56 Å². The van der Waals surface area contributed by atoms with Gasteiger partial charge in [-0.2, -0.15) is 0 Å². The summed E-state index contributed by atoms with van der Waals surface area (Å²) < 4.78 is 28.6. The van der Waals surface area contributed by atoms with Crippen molar-refractivity contribution in [2.24, 2.45) is 0 Å². The number of aromatic nitrogens is 2. The second-order valence-corrected chi connectivity index (χ2v) is 6.38. The van der Waals surface area contributed by atoms with Crippen LogP contribution in [0.1, 0.15) is 29.9 Å². The van der Waals surface area contributed by atoms with Crippen molar-refractivity contribution in [1.29, 1.82) is 0 Å². The van der Waals surface area contributed by atoms with Crippen molar-refractivity contribution in [2.75, 3.05) is 18.1 Å². The quantitative estimate of drug-likeness (QED) is 0.764. The van der Waals surface area contributed by atoms with Crippen LogP contribution in [-0.2, 0) is 14.6 Å². The van der Waals surface area contributed by atoms with Crippen LogP contribution in [0.15, 0.2) is 10.9 Å². The smallest absolute Gasteiger partial charge is 0.356 e. The van der Waals surface area contributed by atoms with Gasteiger partial charge in [0.2, 0.25) is 0 Å². The number of esters is 1. The minimum Gasteiger partial charge on any atom is -0.461 e. The van der Waals surface area contributed by atoms with Crippen LogP contribution in [-0.4, -0.2) is 42.3 Å². The Hall–Kier alpha value is -1.57. The molecule has 0 aromatic carbocycles. The molecule has 1 aliphatic heterocycles. The Morgan fingerprint density at radius 1 is 1.61 bits per heavy atom. The van der Waals surface area contributed by atoms with Crippen LogP contribution in [0.3, 0.4) is 0 Å². The number of aromatic amines is 1. The summed E-state index contributed by atoms with van der Waals surface area (Å²) in [5.74, 6) is -0.623. The highest BCUT2D eigenvalue weighted by atomic mass is 32.2. The Kier molecular flexibility index (Phi) is 3.29. The van der Waals surface area contributed by atoms with Gasteiger partial charge in [-0.3, -0.25) is 9.89 Å². The van der Waals surface area contributed by atoms with Crippen LogP contribution in [0.2, 0.25) is 0 Å². The number of hydrogen-bond donors (Lipinski definition) is 1. The molecule has 2 rings (SSSR count). The van der Waals surface area contributed by atoms with E-state index < -0.39 is 27.4 Å². The predicted octanol–water partition coefficient (Wildman–Crippen LogP) is -0.287. The third-order valence-corrected chi connectivity index (χ3v) is 4.57. The fraction of sp³-hybridized carbons (Fsp3) is 0.600. The van der Waals surface area contributed by atoms with E-state index in [-0.39, 0.29) is 23.8 Å². The van der Waals surface area contributed by atoms with Crippen molar-refractivity contribution in [3.8, 4) is 0 Å². The molecule has 0 radical (unpaired) electrons.